The second-order valence-corrected chi connectivity index (χ2v) is 2.69. The molecule has 0 radical (unpaired) electrons. The van der Waals surface area contributed by atoms with Crippen molar-refractivity contribution < 1.29 is 22.0 Å². The Labute approximate surface area is 76.3 Å². The van der Waals surface area contributed by atoms with E-state index in [-0.39, 0.29) is 0 Å². The van der Waals surface area contributed by atoms with E-state index in [1.54, 1.807) is 0 Å². The summed E-state index contributed by atoms with van der Waals surface area (Å²) in [5.41, 5.74) is 4.27. The van der Waals surface area contributed by atoms with Gasteiger partial charge in [-0.1, -0.05) is 6.07 Å². The Morgan fingerprint density at radius 3 is 2.07 bits per heavy atom. The minimum absolute atomic E-state index is 0.438. The number of nitrogens with two attached hydrogens (primary N) is 1. The molecule has 1 atom stereocenters. The first-order chi connectivity index (χ1) is 6.32. The Morgan fingerprint density at radius 1 is 1.07 bits per heavy atom. The molecule has 0 saturated heterocycles. The predicted molar refractivity (Wildman–Crippen MR) is 39.3 cm³/mol. The van der Waals surface area contributed by atoms with Crippen LogP contribution in [0.25, 0.3) is 0 Å². The first-order valence-electron chi connectivity index (χ1n) is 3.59. The number of halogens is 5. The van der Waals surface area contributed by atoms with Crippen LogP contribution in [0.2, 0.25) is 0 Å². The number of benzene rings is 1. The van der Waals surface area contributed by atoms with E-state index in [1.807, 2.05) is 0 Å². The molecule has 1 nitrogen and oxygen atoms in total. The zero-order valence-electron chi connectivity index (χ0n) is 6.78. The summed E-state index contributed by atoms with van der Waals surface area (Å²) in [6.07, 6.45) is -4.66. The second-order valence-electron chi connectivity index (χ2n) is 2.69. The molecule has 0 heterocycles. The molecule has 0 aromatic heterocycles. The van der Waals surface area contributed by atoms with Crippen LogP contribution >= 0.6 is 0 Å². The van der Waals surface area contributed by atoms with Crippen molar-refractivity contribution in [2.75, 3.05) is 0 Å². The Kier molecular flexibility index (Phi) is 2.75. The maximum absolute atomic E-state index is 12.5. The van der Waals surface area contributed by atoms with Crippen LogP contribution < -0.4 is 5.73 Å². The maximum Gasteiger partial charge on any atom is 0.407 e. The Hall–Kier alpha value is -1.17. The van der Waals surface area contributed by atoms with E-state index in [0.29, 0.717) is 12.1 Å². The van der Waals surface area contributed by atoms with Crippen molar-refractivity contribution in [1.29, 1.82) is 0 Å². The lowest BCUT2D eigenvalue weighted by Gasteiger charge is -2.15. The monoisotopic (exact) mass is 211 g/mol. The molecule has 0 amide bonds. The molecule has 0 bridgehead atoms. The Bertz CT molecular complexity index is 333. The number of hydrogen-bond acceptors (Lipinski definition) is 1. The molecule has 1 unspecified atom stereocenters. The SMILES string of the molecule is NC(c1ccc(F)c(F)c1)C(F)(F)F. The lowest BCUT2D eigenvalue weighted by molar-refractivity contribution is -0.149. The molecule has 6 heteroatoms. The zero-order chi connectivity index (χ0) is 10.9. The highest BCUT2D eigenvalue weighted by atomic mass is 19.4. The molecular weight excluding hydrogens is 205 g/mol. The molecule has 78 valence electrons. The maximum atomic E-state index is 12.5. The fourth-order valence-electron chi connectivity index (χ4n) is 0.895. The van der Waals surface area contributed by atoms with Gasteiger partial charge in [0.05, 0.1) is 0 Å². The van der Waals surface area contributed by atoms with E-state index < -0.39 is 29.4 Å². The molecule has 0 aliphatic heterocycles. The highest BCUT2D eigenvalue weighted by molar-refractivity contribution is 5.22. The molecule has 0 aliphatic carbocycles. The largest absolute Gasteiger partial charge is 0.407 e. The third kappa shape index (κ3) is 2.20. The van der Waals surface area contributed by atoms with Crippen molar-refractivity contribution in [2.45, 2.75) is 12.2 Å². The standard InChI is InChI=1S/C8H6F5N/c9-5-2-1-4(3-6(5)10)7(14)8(11,12)13/h1-3,7H,14H2. The van der Waals surface area contributed by atoms with Gasteiger partial charge in [0, 0.05) is 0 Å². The topological polar surface area (TPSA) is 26.0 Å². The predicted octanol–water partition coefficient (Wildman–Crippen LogP) is 2.53. The van der Waals surface area contributed by atoms with Gasteiger partial charge >= 0.3 is 6.18 Å². The molecule has 0 spiro atoms. The number of rotatable bonds is 1. The number of hydrogen-bond donors (Lipinski definition) is 1. The van der Waals surface area contributed by atoms with Crippen LogP contribution in [0, 0.1) is 11.6 Å². The van der Waals surface area contributed by atoms with Crippen LogP contribution in [0.15, 0.2) is 18.2 Å². The summed E-state index contributed by atoms with van der Waals surface area (Å²) in [5.74, 6) is -2.55. The van der Waals surface area contributed by atoms with Gasteiger partial charge in [-0.3, -0.25) is 0 Å². The summed E-state index contributed by atoms with van der Waals surface area (Å²) in [6, 6.07) is -0.446. The summed E-state index contributed by atoms with van der Waals surface area (Å²) in [6.45, 7) is 0. The smallest absolute Gasteiger partial charge is 0.316 e. The van der Waals surface area contributed by atoms with Crippen LogP contribution in [0.1, 0.15) is 11.6 Å². The highest BCUT2D eigenvalue weighted by Crippen LogP contribution is 2.30. The first-order valence-corrected chi connectivity index (χ1v) is 3.59. The molecule has 1 rings (SSSR count). The van der Waals surface area contributed by atoms with E-state index in [9.17, 15) is 22.0 Å². The molecule has 2 N–H and O–H groups in total. The quantitative estimate of drug-likeness (QED) is 0.709. The average Bonchev–Trinajstić information content (AvgIpc) is 2.07. The normalized spacial score (nSPS) is 14.1. The summed E-state index contributed by atoms with van der Waals surface area (Å²) in [7, 11) is 0. The zero-order valence-corrected chi connectivity index (χ0v) is 6.78. The van der Waals surface area contributed by atoms with Gasteiger partial charge in [0.25, 0.3) is 0 Å². The molecule has 1 aromatic rings. The van der Waals surface area contributed by atoms with Crippen LogP contribution in [-0.4, -0.2) is 6.18 Å². The Balaban J connectivity index is 3.03. The van der Waals surface area contributed by atoms with Gasteiger partial charge in [-0.25, -0.2) is 8.78 Å². The van der Waals surface area contributed by atoms with Crippen LogP contribution in [0.4, 0.5) is 22.0 Å². The van der Waals surface area contributed by atoms with Crippen LogP contribution in [0.3, 0.4) is 0 Å². The molecule has 0 fully saturated rings. The van der Waals surface area contributed by atoms with Crippen molar-refractivity contribution in [2.24, 2.45) is 5.73 Å². The van der Waals surface area contributed by atoms with E-state index in [0.717, 1.165) is 6.07 Å². The Morgan fingerprint density at radius 2 is 1.64 bits per heavy atom. The summed E-state index contributed by atoms with van der Waals surface area (Å²) in [5, 5.41) is 0. The van der Waals surface area contributed by atoms with Gasteiger partial charge in [0.1, 0.15) is 6.04 Å². The fourth-order valence-corrected chi connectivity index (χ4v) is 0.895. The minimum Gasteiger partial charge on any atom is -0.316 e. The molecule has 14 heavy (non-hydrogen) atoms. The van der Waals surface area contributed by atoms with Crippen molar-refractivity contribution in [3.63, 3.8) is 0 Å². The average molecular weight is 211 g/mol. The van der Waals surface area contributed by atoms with Crippen molar-refractivity contribution in [1.82, 2.24) is 0 Å². The van der Waals surface area contributed by atoms with Crippen molar-refractivity contribution in [3.8, 4) is 0 Å². The molecule has 1 aromatic carbocycles. The fraction of sp³-hybridized carbons (Fsp3) is 0.250. The summed E-state index contributed by atoms with van der Waals surface area (Å²) < 4.78 is 61.0. The number of alkyl halides is 3. The third-order valence-corrected chi connectivity index (χ3v) is 1.66. The van der Waals surface area contributed by atoms with Gasteiger partial charge in [-0.05, 0) is 17.7 Å². The minimum atomic E-state index is -4.66. The highest BCUT2D eigenvalue weighted by Gasteiger charge is 2.38. The molecule has 0 saturated carbocycles. The second kappa shape index (κ2) is 3.53. The van der Waals surface area contributed by atoms with Crippen LogP contribution in [-0.2, 0) is 0 Å². The van der Waals surface area contributed by atoms with E-state index in [4.69, 9.17) is 5.73 Å². The van der Waals surface area contributed by atoms with Crippen molar-refractivity contribution in [3.05, 3.63) is 35.4 Å². The summed E-state index contributed by atoms with van der Waals surface area (Å²) in [4.78, 5) is 0. The lowest BCUT2D eigenvalue weighted by atomic mass is 10.1. The van der Waals surface area contributed by atoms with Gasteiger partial charge in [0.15, 0.2) is 11.6 Å². The molecule has 0 aliphatic rings. The lowest BCUT2D eigenvalue weighted by Crippen LogP contribution is -2.28. The van der Waals surface area contributed by atoms with E-state index >= 15 is 0 Å². The van der Waals surface area contributed by atoms with Crippen molar-refractivity contribution >= 4 is 0 Å². The van der Waals surface area contributed by atoms with E-state index in [1.165, 1.54) is 0 Å². The summed E-state index contributed by atoms with van der Waals surface area (Å²) >= 11 is 0. The third-order valence-electron chi connectivity index (χ3n) is 1.66. The van der Waals surface area contributed by atoms with Gasteiger partial charge in [0.2, 0.25) is 0 Å². The first kappa shape index (κ1) is 10.9. The van der Waals surface area contributed by atoms with Crippen LogP contribution in [0.5, 0.6) is 0 Å². The van der Waals surface area contributed by atoms with E-state index in [2.05, 4.69) is 0 Å². The van der Waals surface area contributed by atoms with Gasteiger partial charge < -0.3 is 5.73 Å². The van der Waals surface area contributed by atoms with Gasteiger partial charge in [-0.2, -0.15) is 13.2 Å². The molecular formula is C8H6F5N. The van der Waals surface area contributed by atoms with Gasteiger partial charge in [-0.15, -0.1) is 0 Å².